The first-order valence-corrected chi connectivity index (χ1v) is 9.78. The van der Waals surface area contributed by atoms with Crippen LogP contribution in [0.1, 0.15) is 56.9 Å². The number of aromatic nitrogens is 1. The normalized spacial score (nSPS) is 31.5. The van der Waals surface area contributed by atoms with E-state index < -0.39 is 0 Å². The maximum Gasteiger partial charge on any atom is 0.249 e. The summed E-state index contributed by atoms with van der Waals surface area (Å²) in [5.74, 6) is 0.295. The molecule has 1 aromatic heterocycles. The second-order valence-electron chi connectivity index (χ2n) is 7.84. The number of amides is 2. The van der Waals surface area contributed by atoms with Gasteiger partial charge in [0.25, 0.3) is 0 Å². The predicted molar refractivity (Wildman–Crippen MR) is 96.1 cm³/mol. The first-order chi connectivity index (χ1) is 12.7. The highest BCUT2D eigenvalue weighted by molar-refractivity contribution is 5.81. The Balaban J connectivity index is 1.37. The second-order valence-corrected chi connectivity index (χ2v) is 7.84. The van der Waals surface area contributed by atoms with Crippen LogP contribution in [0.25, 0.3) is 0 Å². The lowest BCUT2D eigenvalue weighted by molar-refractivity contribution is -0.134. The van der Waals surface area contributed by atoms with Crippen LogP contribution in [0.15, 0.2) is 24.5 Å². The molecule has 2 aliphatic heterocycles. The quantitative estimate of drug-likeness (QED) is 0.897. The summed E-state index contributed by atoms with van der Waals surface area (Å²) in [5, 5.41) is 3.17. The van der Waals surface area contributed by atoms with Crippen LogP contribution < -0.4 is 5.32 Å². The second kappa shape index (κ2) is 7.35. The molecule has 3 heterocycles. The van der Waals surface area contributed by atoms with Crippen molar-refractivity contribution < 1.29 is 14.3 Å². The van der Waals surface area contributed by atoms with Gasteiger partial charge in [-0.05, 0) is 62.6 Å². The van der Waals surface area contributed by atoms with E-state index in [4.69, 9.17) is 4.74 Å². The van der Waals surface area contributed by atoms with Gasteiger partial charge in [-0.25, -0.2) is 0 Å². The minimum atomic E-state index is -0.262. The largest absolute Gasteiger partial charge is 0.368 e. The average Bonchev–Trinajstić information content (AvgIpc) is 3.30. The molecule has 4 rings (SSSR count). The minimum absolute atomic E-state index is 0.0363. The average molecular weight is 357 g/mol. The van der Waals surface area contributed by atoms with Crippen molar-refractivity contribution in [2.75, 3.05) is 6.61 Å². The number of hydrogen-bond donors (Lipinski definition) is 1. The Bertz CT molecular complexity index is 650. The smallest absolute Gasteiger partial charge is 0.249 e. The predicted octanol–water partition coefficient (Wildman–Crippen LogP) is 2.18. The molecule has 0 aromatic carbocycles. The highest BCUT2D eigenvalue weighted by atomic mass is 16.5. The lowest BCUT2D eigenvalue weighted by Gasteiger charge is -2.44. The Kier molecular flexibility index (Phi) is 4.94. The highest BCUT2D eigenvalue weighted by Gasteiger charge is 2.47. The molecule has 6 heteroatoms. The fourth-order valence-corrected chi connectivity index (χ4v) is 4.70. The summed E-state index contributed by atoms with van der Waals surface area (Å²) in [6.45, 7) is 1.35. The van der Waals surface area contributed by atoms with E-state index in [9.17, 15) is 9.59 Å². The van der Waals surface area contributed by atoms with Gasteiger partial charge >= 0.3 is 0 Å². The van der Waals surface area contributed by atoms with Crippen LogP contribution in [-0.2, 0) is 20.9 Å². The zero-order chi connectivity index (χ0) is 18.0. The maximum absolute atomic E-state index is 12.5. The number of ether oxygens (including phenoxy) is 1. The third-order valence-corrected chi connectivity index (χ3v) is 6.25. The Morgan fingerprint density at radius 2 is 2.00 bits per heavy atom. The van der Waals surface area contributed by atoms with E-state index in [0.29, 0.717) is 19.6 Å². The topological polar surface area (TPSA) is 71.5 Å². The molecule has 1 aromatic rings. The van der Waals surface area contributed by atoms with E-state index in [1.807, 2.05) is 12.1 Å². The van der Waals surface area contributed by atoms with Crippen molar-refractivity contribution in [2.45, 2.75) is 75.6 Å². The summed E-state index contributed by atoms with van der Waals surface area (Å²) < 4.78 is 5.48. The highest BCUT2D eigenvalue weighted by Crippen LogP contribution is 2.43. The standard InChI is InChI=1S/C20H27N3O3/c24-18-5-10-20(23(18)14-15-6-11-21-12-7-15)8-3-16(4-9-20)22-19(25)17-2-1-13-26-17/h6-7,11-12,16-17H,1-5,8-10,13-14H2,(H,22,25)/t16?,17-,20?/m1/s1. The zero-order valence-corrected chi connectivity index (χ0v) is 15.2. The molecule has 1 atom stereocenters. The van der Waals surface area contributed by atoms with Gasteiger partial charge in [-0.15, -0.1) is 0 Å². The van der Waals surface area contributed by atoms with Crippen molar-refractivity contribution in [3.8, 4) is 0 Å². The molecule has 26 heavy (non-hydrogen) atoms. The molecule has 3 fully saturated rings. The number of likely N-dealkylation sites (tertiary alicyclic amines) is 1. The molecule has 0 unspecified atom stereocenters. The summed E-state index contributed by atoms with van der Waals surface area (Å²) in [7, 11) is 0. The molecule has 1 spiro atoms. The van der Waals surface area contributed by atoms with Crippen LogP contribution in [0.3, 0.4) is 0 Å². The first kappa shape index (κ1) is 17.5. The summed E-state index contributed by atoms with van der Waals surface area (Å²) in [6, 6.07) is 4.16. The Morgan fingerprint density at radius 3 is 2.69 bits per heavy atom. The zero-order valence-electron chi connectivity index (χ0n) is 15.2. The molecule has 1 aliphatic carbocycles. The molecule has 140 valence electrons. The molecule has 3 aliphatic rings. The minimum Gasteiger partial charge on any atom is -0.368 e. The molecule has 2 saturated heterocycles. The van der Waals surface area contributed by atoms with Gasteiger partial charge in [0.05, 0.1) is 0 Å². The van der Waals surface area contributed by atoms with E-state index in [1.165, 1.54) is 0 Å². The van der Waals surface area contributed by atoms with Gasteiger partial charge in [-0.2, -0.15) is 0 Å². The van der Waals surface area contributed by atoms with Crippen LogP contribution in [0.4, 0.5) is 0 Å². The van der Waals surface area contributed by atoms with E-state index in [1.54, 1.807) is 12.4 Å². The Morgan fingerprint density at radius 1 is 1.23 bits per heavy atom. The molecule has 6 nitrogen and oxygen atoms in total. The molecule has 2 amide bonds. The van der Waals surface area contributed by atoms with Gasteiger partial charge in [0.1, 0.15) is 6.10 Å². The lowest BCUT2D eigenvalue weighted by atomic mass is 9.77. The summed E-state index contributed by atoms with van der Waals surface area (Å²) in [6.07, 6.45) is 10.4. The Hall–Kier alpha value is -1.95. The number of hydrogen-bond acceptors (Lipinski definition) is 4. The molecule has 0 bridgehead atoms. The number of carbonyl (C=O) groups excluding carboxylic acids is 2. The van der Waals surface area contributed by atoms with Crippen LogP contribution >= 0.6 is 0 Å². The molecule has 1 N–H and O–H groups in total. The molecule has 0 radical (unpaired) electrons. The van der Waals surface area contributed by atoms with Crippen LogP contribution in [-0.4, -0.2) is 46.0 Å². The number of pyridine rings is 1. The summed E-state index contributed by atoms with van der Waals surface area (Å²) in [5.41, 5.74) is 1.09. The van der Waals surface area contributed by atoms with Crippen LogP contribution in [0.5, 0.6) is 0 Å². The van der Waals surface area contributed by atoms with Gasteiger partial charge < -0.3 is 15.0 Å². The first-order valence-electron chi connectivity index (χ1n) is 9.78. The molecule has 1 saturated carbocycles. The number of nitrogens with zero attached hydrogens (tertiary/aromatic N) is 2. The van der Waals surface area contributed by atoms with Gasteiger partial charge in [-0.1, -0.05) is 0 Å². The fourth-order valence-electron chi connectivity index (χ4n) is 4.70. The Labute approximate surface area is 154 Å². The lowest BCUT2D eigenvalue weighted by Crippen LogP contribution is -2.51. The third kappa shape index (κ3) is 3.47. The van der Waals surface area contributed by atoms with Crippen molar-refractivity contribution in [3.63, 3.8) is 0 Å². The number of carbonyl (C=O) groups is 2. The number of rotatable bonds is 4. The maximum atomic E-state index is 12.5. The summed E-state index contributed by atoms with van der Waals surface area (Å²) >= 11 is 0. The monoisotopic (exact) mass is 357 g/mol. The van der Waals surface area contributed by atoms with Crippen molar-refractivity contribution in [2.24, 2.45) is 0 Å². The van der Waals surface area contributed by atoms with Gasteiger partial charge in [0, 0.05) is 43.5 Å². The van der Waals surface area contributed by atoms with Crippen LogP contribution in [0.2, 0.25) is 0 Å². The SMILES string of the molecule is O=C(NC1CCC2(CCC(=O)N2Cc2ccncc2)CC1)[C@H]1CCCO1. The van der Waals surface area contributed by atoms with Crippen LogP contribution in [0, 0.1) is 0 Å². The fraction of sp³-hybridized carbons (Fsp3) is 0.650. The molecular weight excluding hydrogens is 330 g/mol. The summed E-state index contributed by atoms with van der Waals surface area (Å²) in [4.78, 5) is 30.9. The van der Waals surface area contributed by atoms with Gasteiger partial charge in [-0.3, -0.25) is 14.6 Å². The number of nitrogens with one attached hydrogen (secondary N) is 1. The van der Waals surface area contributed by atoms with Gasteiger partial charge in [0.2, 0.25) is 11.8 Å². The van der Waals surface area contributed by atoms with Crippen molar-refractivity contribution >= 4 is 11.8 Å². The van der Waals surface area contributed by atoms with Gasteiger partial charge in [0.15, 0.2) is 0 Å². The van der Waals surface area contributed by atoms with E-state index in [0.717, 1.165) is 50.5 Å². The van der Waals surface area contributed by atoms with Crippen molar-refractivity contribution in [3.05, 3.63) is 30.1 Å². The third-order valence-electron chi connectivity index (χ3n) is 6.25. The van der Waals surface area contributed by atoms with E-state index >= 15 is 0 Å². The van der Waals surface area contributed by atoms with Crippen molar-refractivity contribution in [1.82, 2.24) is 15.2 Å². The molecular formula is C20H27N3O3. The van der Waals surface area contributed by atoms with E-state index in [2.05, 4.69) is 15.2 Å². The van der Waals surface area contributed by atoms with Crippen molar-refractivity contribution in [1.29, 1.82) is 0 Å². The van der Waals surface area contributed by atoms with E-state index in [-0.39, 0.29) is 29.5 Å².